The third kappa shape index (κ3) is 6.72. The van der Waals surface area contributed by atoms with Gasteiger partial charge in [0.05, 0.1) is 0 Å². The summed E-state index contributed by atoms with van der Waals surface area (Å²) in [6.45, 7) is 6.56. The van der Waals surface area contributed by atoms with Crippen molar-refractivity contribution in [3.05, 3.63) is 71.8 Å². The van der Waals surface area contributed by atoms with Crippen LogP contribution >= 0.6 is 0 Å². The molecule has 30 heavy (non-hydrogen) atoms. The van der Waals surface area contributed by atoms with Crippen LogP contribution in [-0.4, -0.2) is 22.8 Å². The Morgan fingerprint density at radius 2 is 1.50 bits per heavy atom. The van der Waals surface area contributed by atoms with Gasteiger partial charge in [-0.2, -0.15) is 0 Å². The van der Waals surface area contributed by atoms with Gasteiger partial charge in [0, 0.05) is 12.5 Å². The van der Waals surface area contributed by atoms with Crippen LogP contribution in [0.15, 0.2) is 60.7 Å². The van der Waals surface area contributed by atoms with Crippen molar-refractivity contribution in [1.82, 2.24) is 4.90 Å². The lowest BCUT2D eigenvalue weighted by atomic mass is 9.90. The first-order valence-electron chi connectivity index (χ1n) is 11.2. The van der Waals surface area contributed by atoms with Crippen LogP contribution in [0.25, 0.3) is 0 Å². The first kappa shape index (κ1) is 23.7. The van der Waals surface area contributed by atoms with Gasteiger partial charge >= 0.3 is 0 Å². The Hall–Kier alpha value is -2.62. The topological polar surface area (TPSA) is 63.4 Å². The summed E-state index contributed by atoms with van der Waals surface area (Å²) in [4.78, 5) is 28.0. The molecule has 0 aliphatic heterocycles. The molecule has 0 heterocycles. The van der Waals surface area contributed by atoms with Gasteiger partial charge in [0.25, 0.3) is 0 Å². The van der Waals surface area contributed by atoms with E-state index in [0.717, 1.165) is 36.8 Å². The minimum Gasteiger partial charge on any atom is -0.368 e. The maximum absolute atomic E-state index is 13.8. The Labute approximate surface area is 181 Å². The molecule has 2 aromatic rings. The van der Waals surface area contributed by atoms with E-state index in [0.29, 0.717) is 13.0 Å². The number of nitrogens with zero attached hydrogens (tertiary/aromatic N) is 1. The molecule has 3 atom stereocenters. The van der Waals surface area contributed by atoms with Crippen LogP contribution in [0.2, 0.25) is 0 Å². The van der Waals surface area contributed by atoms with E-state index in [1.807, 2.05) is 62.4 Å². The van der Waals surface area contributed by atoms with E-state index in [1.165, 1.54) is 0 Å². The van der Waals surface area contributed by atoms with E-state index in [4.69, 9.17) is 5.73 Å². The summed E-state index contributed by atoms with van der Waals surface area (Å²) in [5.41, 5.74) is 7.98. The lowest BCUT2D eigenvalue weighted by Gasteiger charge is -2.36. The molecule has 0 bridgehead atoms. The lowest BCUT2D eigenvalue weighted by Crippen LogP contribution is -2.52. The Kier molecular flexibility index (Phi) is 9.59. The zero-order valence-electron chi connectivity index (χ0n) is 18.6. The van der Waals surface area contributed by atoms with Gasteiger partial charge in [-0.1, -0.05) is 101 Å². The quantitative estimate of drug-likeness (QED) is 0.539. The molecule has 0 aliphatic rings. The average Bonchev–Trinajstić information content (AvgIpc) is 2.76. The Balaban J connectivity index is 2.38. The standard InChI is InChI=1S/C26H36N2O2/c1-4-6-17-23(18-21-13-9-7-10-14-21)26(30)28(19-22-15-11-8-12-16-22)24(25(27)29)20(3)5-2/h7-16,20,23-24H,4-6,17-19H2,1-3H3,(H2,27,29)/t20-,23?,24-/m0/s1. The number of amides is 2. The predicted molar refractivity (Wildman–Crippen MR) is 123 cm³/mol. The molecule has 4 heteroatoms. The zero-order chi connectivity index (χ0) is 21.9. The summed E-state index contributed by atoms with van der Waals surface area (Å²) in [7, 11) is 0. The molecule has 1 unspecified atom stereocenters. The van der Waals surface area contributed by atoms with Gasteiger partial charge in [0.15, 0.2) is 0 Å². The monoisotopic (exact) mass is 408 g/mol. The second-order valence-electron chi connectivity index (χ2n) is 8.21. The third-order valence-electron chi connectivity index (χ3n) is 5.87. The fraction of sp³-hybridized carbons (Fsp3) is 0.462. The zero-order valence-corrected chi connectivity index (χ0v) is 18.6. The van der Waals surface area contributed by atoms with Crippen LogP contribution in [0.1, 0.15) is 57.6 Å². The number of carbonyl (C=O) groups is 2. The Morgan fingerprint density at radius 3 is 2.00 bits per heavy atom. The summed E-state index contributed by atoms with van der Waals surface area (Å²) in [5, 5.41) is 0. The molecule has 0 aromatic heterocycles. The van der Waals surface area contributed by atoms with Crippen molar-refractivity contribution in [2.45, 2.75) is 65.5 Å². The van der Waals surface area contributed by atoms with Crippen molar-refractivity contribution in [3.8, 4) is 0 Å². The molecule has 2 N–H and O–H groups in total. The molecule has 2 rings (SSSR count). The second kappa shape index (κ2) is 12.2. The van der Waals surface area contributed by atoms with Crippen LogP contribution in [0.4, 0.5) is 0 Å². The largest absolute Gasteiger partial charge is 0.368 e. The fourth-order valence-electron chi connectivity index (χ4n) is 3.95. The molecule has 2 aromatic carbocycles. The predicted octanol–water partition coefficient (Wildman–Crippen LogP) is 4.96. The third-order valence-corrected chi connectivity index (χ3v) is 5.87. The summed E-state index contributed by atoms with van der Waals surface area (Å²) >= 11 is 0. The van der Waals surface area contributed by atoms with Gasteiger partial charge in [-0.25, -0.2) is 0 Å². The number of hydrogen-bond acceptors (Lipinski definition) is 2. The summed E-state index contributed by atoms with van der Waals surface area (Å²) in [5.74, 6) is -0.566. The van der Waals surface area contributed by atoms with Gasteiger partial charge in [-0.05, 0) is 29.9 Å². The minimum absolute atomic E-state index is 0.00119. The van der Waals surface area contributed by atoms with Crippen molar-refractivity contribution >= 4 is 11.8 Å². The molecule has 0 aliphatic carbocycles. The fourth-order valence-corrected chi connectivity index (χ4v) is 3.95. The molecule has 162 valence electrons. The van der Waals surface area contributed by atoms with E-state index < -0.39 is 11.9 Å². The van der Waals surface area contributed by atoms with Crippen LogP contribution in [0.3, 0.4) is 0 Å². The Morgan fingerprint density at radius 1 is 0.933 bits per heavy atom. The van der Waals surface area contributed by atoms with Gasteiger partial charge in [0.1, 0.15) is 6.04 Å². The lowest BCUT2D eigenvalue weighted by molar-refractivity contribution is -0.145. The first-order valence-corrected chi connectivity index (χ1v) is 11.2. The molecule has 0 radical (unpaired) electrons. The molecule has 4 nitrogen and oxygen atoms in total. The van der Waals surface area contributed by atoms with Gasteiger partial charge in [-0.15, -0.1) is 0 Å². The Bertz CT molecular complexity index is 776. The first-order chi connectivity index (χ1) is 14.5. The maximum Gasteiger partial charge on any atom is 0.240 e. The number of carbonyl (C=O) groups excluding carboxylic acids is 2. The number of primary amides is 1. The summed E-state index contributed by atoms with van der Waals surface area (Å²) in [6.07, 6.45) is 4.28. The SMILES string of the molecule is CCCCC(Cc1ccccc1)C(=O)N(Cc1ccccc1)[C@H](C(N)=O)[C@@H](C)CC. The maximum atomic E-state index is 13.8. The van der Waals surface area contributed by atoms with Crippen molar-refractivity contribution in [3.63, 3.8) is 0 Å². The van der Waals surface area contributed by atoms with E-state index in [9.17, 15) is 9.59 Å². The van der Waals surface area contributed by atoms with Crippen molar-refractivity contribution in [1.29, 1.82) is 0 Å². The second-order valence-corrected chi connectivity index (χ2v) is 8.21. The van der Waals surface area contributed by atoms with E-state index in [2.05, 4.69) is 19.1 Å². The number of unbranched alkanes of at least 4 members (excludes halogenated alkanes) is 1. The van der Waals surface area contributed by atoms with Gasteiger partial charge in [0.2, 0.25) is 11.8 Å². The van der Waals surface area contributed by atoms with Crippen molar-refractivity contribution in [2.75, 3.05) is 0 Å². The smallest absolute Gasteiger partial charge is 0.240 e. The highest BCUT2D eigenvalue weighted by molar-refractivity contribution is 5.88. The van der Waals surface area contributed by atoms with Crippen LogP contribution in [0.5, 0.6) is 0 Å². The van der Waals surface area contributed by atoms with Gasteiger partial charge in [-0.3, -0.25) is 9.59 Å². The molecule has 0 saturated heterocycles. The highest BCUT2D eigenvalue weighted by atomic mass is 16.2. The summed E-state index contributed by atoms with van der Waals surface area (Å²) < 4.78 is 0. The number of rotatable bonds is 12. The highest BCUT2D eigenvalue weighted by Gasteiger charge is 2.35. The molecule has 0 fully saturated rings. The summed E-state index contributed by atoms with van der Waals surface area (Å²) in [6, 6.07) is 19.4. The number of hydrogen-bond donors (Lipinski definition) is 1. The van der Waals surface area contributed by atoms with Gasteiger partial charge < -0.3 is 10.6 Å². The highest BCUT2D eigenvalue weighted by Crippen LogP contribution is 2.24. The van der Waals surface area contributed by atoms with E-state index in [-0.39, 0.29) is 17.7 Å². The van der Waals surface area contributed by atoms with E-state index in [1.54, 1.807) is 4.90 Å². The van der Waals surface area contributed by atoms with Crippen molar-refractivity contribution < 1.29 is 9.59 Å². The molecule has 0 saturated carbocycles. The molecule has 2 amide bonds. The minimum atomic E-state index is -0.609. The van der Waals surface area contributed by atoms with Crippen molar-refractivity contribution in [2.24, 2.45) is 17.6 Å². The number of nitrogens with two attached hydrogens (primary N) is 1. The average molecular weight is 409 g/mol. The van der Waals surface area contributed by atoms with E-state index >= 15 is 0 Å². The molecular weight excluding hydrogens is 372 g/mol. The molecule has 0 spiro atoms. The normalized spacial score (nSPS) is 14.0. The van der Waals surface area contributed by atoms with Crippen LogP contribution in [0, 0.1) is 11.8 Å². The van der Waals surface area contributed by atoms with Crippen LogP contribution in [-0.2, 0) is 22.6 Å². The van der Waals surface area contributed by atoms with Crippen LogP contribution < -0.4 is 5.73 Å². The molecular formula is C26H36N2O2. The number of benzene rings is 2.